The van der Waals surface area contributed by atoms with E-state index in [1.54, 1.807) is 24.7 Å². The number of rotatable bonds is 4. The molecular formula is C20H20ClN5O. The van der Waals surface area contributed by atoms with E-state index in [1.807, 2.05) is 29.4 Å². The maximum atomic E-state index is 12.8. The highest BCUT2D eigenvalue weighted by atomic mass is 35.5. The number of aromatic nitrogens is 4. The number of halogens is 1. The van der Waals surface area contributed by atoms with Crippen molar-refractivity contribution in [2.45, 2.75) is 25.3 Å². The van der Waals surface area contributed by atoms with Crippen LogP contribution in [0.5, 0.6) is 0 Å². The highest BCUT2D eigenvalue weighted by Crippen LogP contribution is 2.27. The first-order chi connectivity index (χ1) is 13.2. The largest absolute Gasteiger partial charge is 0.338 e. The fourth-order valence-corrected chi connectivity index (χ4v) is 3.76. The molecule has 0 bridgehead atoms. The molecule has 1 amide bonds. The number of piperidine rings is 1. The third-order valence-corrected chi connectivity index (χ3v) is 5.08. The summed E-state index contributed by atoms with van der Waals surface area (Å²) in [6, 6.07) is 5.68. The van der Waals surface area contributed by atoms with Crippen molar-refractivity contribution in [3.8, 4) is 0 Å². The lowest BCUT2D eigenvalue weighted by Crippen LogP contribution is -2.39. The fraction of sp³-hybridized carbons (Fsp3) is 0.300. The third kappa shape index (κ3) is 4.01. The lowest BCUT2D eigenvalue weighted by molar-refractivity contribution is 0.0703. The molecular weight excluding hydrogens is 362 g/mol. The van der Waals surface area contributed by atoms with Crippen molar-refractivity contribution < 1.29 is 4.79 Å². The van der Waals surface area contributed by atoms with Crippen LogP contribution in [0, 0.1) is 0 Å². The standard InChI is InChI=1S/C20H20ClN5O/c21-18-10-17(11-23-12-18)20(27)26-8-1-2-16(14-26)19-24-7-9-25(19)13-15-3-5-22-6-4-15/h3-7,9-12,16H,1-2,8,13-14H2. The highest BCUT2D eigenvalue weighted by Gasteiger charge is 2.28. The lowest BCUT2D eigenvalue weighted by Gasteiger charge is -2.32. The number of carbonyl (C=O) groups is 1. The number of likely N-dealkylation sites (tertiary alicyclic amines) is 1. The molecule has 4 heterocycles. The van der Waals surface area contributed by atoms with Gasteiger partial charge in [-0.2, -0.15) is 0 Å². The number of hydrogen-bond donors (Lipinski definition) is 0. The van der Waals surface area contributed by atoms with Gasteiger partial charge in [-0.05, 0) is 36.6 Å². The normalized spacial score (nSPS) is 17.1. The number of pyridine rings is 2. The van der Waals surface area contributed by atoms with Crippen LogP contribution in [0.4, 0.5) is 0 Å². The van der Waals surface area contributed by atoms with Gasteiger partial charge in [-0.3, -0.25) is 14.8 Å². The summed E-state index contributed by atoms with van der Waals surface area (Å²) in [4.78, 5) is 27.4. The van der Waals surface area contributed by atoms with Gasteiger partial charge in [-0.15, -0.1) is 0 Å². The predicted octanol–water partition coefficient (Wildman–Crippen LogP) is 3.39. The summed E-state index contributed by atoms with van der Waals surface area (Å²) >= 11 is 5.98. The molecule has 0 aliphatic carbocycles. The first kappa shape index (κ1) is 17.7. The molecule has 6 nitrogen and oxygen atoms in total. The molecule has 0 saturated carbocycles. The van der Waals surface area contributed by atoms with E-state index in [-0.39, 0.29) is 11.8 Å². The fourth-order valence-electron chi connectivity index (χ4n) is 3.58. The molecule has 7 heteroatoms. The maximum Gasteiger partial charge on any atom is 0.255 e. The van der Waals surface area contributed by atoms with E-state index >= 15 is 0 Å². The van der Waals surface area contributed by atoms with Crippen LogP contribution in [0.2, 0.25) is 5.02 Å². The minimum Gasteiger partial charge on any atom is -0.338 e. The van der Waals surface area contributed by atoms with Crippen molar-refractivity contribution >= 4 is 17.5 Å². The van der Waals surface area contributed by atoms with E-state index in [0.717, 1.165) is 31.8 Å². The van der Waals surface area contributed by atoms with Crippen LogP contribution in [0.15, 0.2) is 55.4 Å². The summed E-state index contributed by atoms with van der Waals surface area (Å²) in [5.74, 6) is 1.21. The second-order valence-electron chi connectivity index (χ2n) is 6.75. The molecule has 1 aliphatic rings. The van der Waals surface area contributed by atoms with Crippen LogP contribution in [0.25, 0.3) is 0 Å². The van der Waals surface area contributed by atoms with Crippen LogP contribution in [0.3, 0.4) is 0 Å². The van der Waals surface area contributed by atoms with Gasteiger partial charge in [0.15, 0.2) is 0 Å². The maximum absolute atomic E-state index is 12.8. The molecule has 0 N–H and O–H groups in total. The Morgan fingerprint density at radius 1 is 1.19 bits per heavy atom. The third-order valence-electron chi connectivity index (χ3n) is 4.88. The molecule has 0 aromatic carbocycles. The van der Waals surface area contributed by atoms with Crippen LogP contribution < -0.4 is 0 Å². The minimum atomic E-state index is -0.0260. The Balaban J connectivity index is 1.51. The molecule has 1 atom stereocenters. The Hall–Kier alpha value is -2.73. The Morgan fingerprint density at radius 3 is 2.85 bits per heavy atom. The molecule has 0 radical (unpaired) electrons. The Morgan fingerprint density at radius 2 is 2.04 bits per heavy atom. The Labute approximate surface area is 162 Å². The molecule has 1 unspecified atom stereocenters. The molecule has 0 spiro atoms. The van der Waals surface area contributed by atoms with E-state index in [4.69, 9.17) is 11.6 Å². The summed E-state index contributed by atoms with van der Waals surface area (Å²) in [5, 5.41) is 0.474. The molecule has 27 heavy (non-hydrogen) atoms. The molecule has 1 saturated heterocycles. The van der Waals surface area contributed by atoms with Gasteiger partial charge >= 0.3 is 0 Å². The van der Waals surface area contributed by atoms with Gasteiger partial charge in [0.1, 0.15) is 5.82 Å². The molecule has 1 aliphatic heterocycles. The molecule has 3 aromatic rings. The lowest BCUT2D eigenvalue weighted by atomic mass is 9.96. The summed E-state index contributed by atoms with van der Waals surface area (Å²) in [7, 11) is 0. The zero-order chi connectivity index (χ0) is 18.6. The SMILES string of the molecule is O=C(c1cncc(Cl)c1)N1CCCC(c2nccn2Cc2ccncc2)C1. The van der Waals surface area contributed by atoms with Crippen molar-refractivity contribution in [3.63, 3.8) is 0 Å². The summed E-state index contributed by atoms with van der Waals surface area (Å²) in [6.45, 7) is 2.14. The van der Waals surface area contributed by atoms with Gasteiger partial charge in [0.25, 0.3) is 5.91 Å². The monoisotopic (exact) mass is 381 g/mol. The van der Waals surface area contributed by atoms with Gasteiger partial charge in [0.2, 0.25) is 0 Å². The van der Waals surface area contributed by atoms with Gasteiger partial charge in [0, 0.05) is 62.7 Å². The summed E-state index contributed by atoms with van der Waals surface area (Å²) in [6.07, 6.45) is 12.5. The van der Waals surface area contributed by atoms with Crippen molar-refractivity contribution in [1.82, 2.24) is 24.4 Å². The van der Waals surface area contributed by atoms with Crippen LogP contribution in [-0.4, -0.2) is 43.4 Å². The van der Waals surface area contributed by atoms with Crippen LogP contribution in [-0.2, 0) is 6.54 Å². The van der Waals surface area contributed by atoms with E-state index in [9.17, 15) is 4.79 Å². The second kappa shape index (κ2) is 7.88. The minimum absolute atomic E-state index is 0.0260. The first-order valence-electron chi connectivity index (χ1n) is 9.00. The quantitative estimate of drug-likeness (QED) is 0.694. The van der Waals surface area contributed by atoms with Gasteiger partial charge in [-0.1, -0.05) is 11.6 Å². The van der Waals surface area contributed by atoms with Crippen molar-refractivity contribution in [2.24, 2.45) is 0 Å². The van der Waals surface area contributed by atoms with Crippen molar-refractivity contribution in [3.05, 3.63) is 77.4 Å². The van der Waals surface area contributed by atoms with Gasteiger partial charge in [0.05, 0.1) is 10.6 Å². The topological polar surface area (TPSA) is 63.9 Å². The van der Waals surface area contributed by atoms with E-state index in [1.165, 1.54) is 11.8 Å². The smallest absolute Gasteiger partial charge is 0.255 e. The van der Waals surface area contributed by atoms with Crippen LogP contribution in [0.1, 0.15) is 40.5 Å². The number of imidazole rings is 1. The van der Waals surface area contributed by atoms with E-state index < -0.39 is 0 Å². The second-order valence-corrected chi connectivity index (χ2v) is 7.19. The average Bonchev–Trinajstić information content (AvgIpc) is 3.16. The molecule has 138 valence electrons. The van der Waals surface area contributed by atoms with Crippen LogP contribution >= 0.6 is 11.6 Å². The Bertz CT molecular complexity index is 927. The number of carbonyl (C=O) groups excluding carboxylic acids is 1. The number of hydrogen-bond acceptors (Lipinski definition) is 4. The zero-order valence-corrected chi connectivity index (χ0v) is 15.6. The predicted molar refractivity (Wildman–Crippen MR) is 103 cm³/mol. The van der Waals surface area contributed by atoms with Crippen molar-refractivity contribution in [1.29, 1.82) is 0 Å². The molecule has 3 aromatic heterocycles. The highest BCUT2D eigenvalue weighted by molar-refractivity contribution is 6.30. The Kier molecular flexibility index (Phi) is 5.16. The number of nitrogens with zero attached hydrogens (tertiary/aromatic N) is 5. The summed E-state index contributed by atoms with van der Waals surface area (Å²) in [5.41, 5.74) is 1.71. The average molecular weight is 382 g/mol. The zero-order valence-electron chi connectivity index (χ0n) is 14.8. The number of amides is 1. The van der Waals surface area contributed by atoms with E-state index in [0.29, 0.717) is 17.1 Å². The van der Waals surface area contributed by atoms with Gasteiger partial charge < -0.3 is 9.47 Å². The van der Waals surface area contributed by atoms with Crippen molar-refractivity contribution in [2.75, 3.05) is 13.1 Å². The summed E-state index contributed by atoms with van der Waals surface area (Å²) < 4.78 is 2.16. The van der Waals surface area contributed by atoms with Gasteiger partial charge in [-0.25, -0.2) is 4.98 Å². The van der Waals surface area contributed by atoms with E-state index in [2.05, 4.69) is 19.5 Å². The molecule has 1 fully saturated rings. The first-order valence-corrected chi connectivity index (χ1v) is 9.38. The molecule has 4 rings (SSSR count).